The zero-order valence-corrected chi connectivity index (χ0v) is 17.9. The Hall–Kier alpha value is -3.08. The van der Waals surface area contributed by atoms with Gasteiger partial charge in [0.15, 0.2) is 17.3 Å². The van der Waals surface area contributed by atoms with Crippen molar-refractivity contribution in [3.8, 4) is 11.3 Å². The van der Waals surface area contributed by atoms with Crippen molar-refractivity contribution in [3.63, 3.8) is 0 Å². The van der Waals surface area contributed by atoms with Crippen molar-refractivity contribution in [1.82, 2.24) is 25.1 Å². The Morgan fingerprint density at radius 3 is 2.84 bits per heavy atom. The molecule has 0 amide bonds. The van der Waals surface area contributed by atoms with Crippen LogP contribution in [0.1, 0.15) is 24.6 Å². The zero-order valence-electron chi connectivity index (χ0n) is 16.4. The SMILES string of the molecule is N=N/N=C(\Nc1cccc(Cl)c1Cl)c1nc(-c2cnn(C3CCNCC3)c2)cnc1N. The summed E-state index contributed by atoms with van der Waals surface area (Å²) in [5.41, 5.74) is 15.3. The molecule has 1 fully saturated rings. The van der Waals surface area contributed by atoms with Gasteiger partial charge in [0.05, 0.1) is 39.9 Å². The number of amidine groups is 1. The van der Waals surface area contributed by atoms with Crippen LogP contribution < -0.4 is 16.4 Å². The van der Waals surface area contributed by atoms with Gasteiger partial charge in [-0.2, -0.15) is 10.6 Å². The van der Waals surface area contributed by atoms with Crippen molar-refractivity contribution in [2.24, 2.45) is 10.3 Å². The first-order valence-electron chi connectivity index (χ1n) is 9.60. The Morgan fingerprint density at radius 1 is 1.26 bits per heavy atom. The Kier molecular flexibility index (Phi) is 6.40. The van der Waals surface area contributed by atoms with Crippen LogP contribution in [0.2, 0.25) is 10.0 Å². The van der Waals surface area contributed by atoms with Crippen molar-refractivity contribution >= 4 is 40.5 Å². The van der Waals surface area contributed by atoms with Crippen LogP contribution in [-0.4, -0.2) is 38.7 Å². The van der Waals surface area contributed by atoms with Gasteiger partial charge >= 0.3 is 0 Å². The number of hydrogen-bond donors (Lipinski definition) is 4. The van der Waals surface area contributed by atoms with E-state index in [1.165, 1.54) is 0 Å². The fraction of sp³-hybridized carbons (Fsp3) is 0.263. The van der Waals surface area contributed by atoms with Crippen molar-refractivity contribution in [2.75, 3.05) is 24.1 Å². The Morgan fingerprint density at radius 2 is 2.06 bits per heavy atom. The molecule has 12 heteroatoms. The highest BCUT2D eigenvalue weighted by atomic mass is 35.5. The van der Waals surface area contributed by atoms with E-state index in [9.17, 15) is 0 Å². The molecule has 0 unspecified atom stereocenters. The van der Waals surface area contributed by atoms with E-state index in [4.69, 9.17) is 34.5 Å². The highest BCUT2D eigenvalue weighted by molar-refractivity contribution is 6.44. The molecule has 3 heterocycles. The first-order chi connectivity index (χ1) is 15.1. The second-order valence-electron chi connectivity index (χ2n) is 6.95. The van der Waals surface area contributed by atoms with Crippen molar-refractivity contribution in [2.45, 2.75) is 18.9 Å². The standard InChI is InChI=1S/C19H20Cl2N10/c20-13-2-1-3-14(16(13)21)28-19(29-30-23)17-18(22)25-9-15(27-17)11-8-26-31(10-11)12-4-6-24-7-5-12/h1-3,8-10,12,24H,4-7H2,(H2,22,25)(H2,23,28,29). The molecular weight excluding hydrogens is 439 g/mol. The summed E-state index contributed by atoms with van der Waals surface area (Å²) in [7, 11) is 0. The maximum Gasteiger partial charge on any atom is 0.184 e. The number of piperidine rings is 1. The molecule has 1 aromatic carbocycles. The number of nitrogen functional groups attached to an aromatic ring is 1. The van der Waals surface area contributed by atoms with Gasteiger partial charge in [0.2, 0.25) is 0 Å². The van der Waals surface area contributed by atoms with Gasteiger partial charge in [0.1, 0.15) is 0 Å². The minimum absolute atomic E-state index is 0.122. The Balaban J connectivity index is 1.66. The molecule has 0 atom stereocenters. The van der Waals surface area contributed by atoms with E-state index < -0.39 is 0 Å². The topological polar surface area (TPSA) is 142 Å². The molecule has 0 radical (unpaired) electrons. The fourth-order valence-electron chi connectivity index (χ4n) is 3.36. The minimum Gasteiger partial charge on any atom is -0.382 e. The predicted molar refractivity (Wildman–Crippen MR) is 121 cm³/mol. The Labute approximate surface area is 188 Å². The van der Waals surface area contributed by atoms with Gasteiger partial charge in [-0.15, -0.1) is 5.10 Å². The van der Waals surface area contributed by atoms with E-state index in [0.717, 1.165) is 31.5 Å². The summed E-state index contributed by atoms with van der Waals surface area (Å²) < 4.78 is 1.96. The summed E-state index contributed by atoms with van der Waals surface area (Å²) in [6.07, 6.45) is 7.31. The van der Waals surface area contributed by atoms with Gasteiger partial charge in [-0.1, -0.05) is 34.5 Å². The van der Waals surface area contributed by atoms with Gasteiger partial charge in [-0.25, -0.2) is 9.97 Å². The van der Waals surface area contributed by atoms with Crippen LogP contribution in [0.5, 0.6) is 0 Å². The lowest BCUT2D eigenvalue weighted by molar-refractivity contribution is 0.343. The predicted octanol–water partition coefficient (Wildman–Crippen LogP) is 3.96. The first kappa shape index (κ1) is 21.2. The molecule has 5 N–H and O–H groups in total. The van der Waals surface area contributed by atoms with Crippen LogP contribution in [-0.2, 0) is 0 Å². The molecular formula is C19H20Cl2N10. The fourth-order valence-corrected chi connectivity index (χ4v) is 3.71. The van der Waals surface area contributed by atoms with Crippen LogP contribution >= 0.6 is 23.2 Å². The number of nitrogens with zero attached hydrogens (tertiary/aromatic N) is 6. The monoisotopic (exact) mass is 458 g/mol. The molecule has 1 saturated heterocycles. The average molecular weight is 459 g/mol. The molecule has 0 bridgehead atoms. The van der Waals surface area contributed by atoms with E-state index in [2.05, 4.69) is 36.0 Å². The third-order valence-electron chi connectivity index (χ3n) is 4.96. The summed E-state index contributed by atoms with van der Waals surface area (Å²) in [4.78, 5) is 8.85. The van der Waals surface area contributed by atoms with Gasteiger partial charge in [0, 0.05) is 11.8 Å². The lowest BCUT2D eigenvalue weighted by atomic mass is 10.1. The van der Waals surface area contributed by atoms with E-state index in [0.29, 0.717) is 27.5 Å². The summed E-state index contributed by atoms with van der Waals surface area (Å²) in [5.74, 6) is 0.249. The molecule has 31 heavy (non-hydrogen) atoms. The normalized spacial score (nSPS) is 15.1. The van der Waals surface area contributed by atoms with E-state index in [1.807, 2.05) is 10.9 Å². The number of nitrogens with two attached hydrogens (primary N) is 1. The maximum absolute atomic E-state index is 7.18. The van der Waals surface area contributed by atoms with Gasteiger partial charge < -0.3 is 16.4 Å². The number of rotatable bonds is 5. The third kappa shape index (κ3) is 4.66. The van der Waals surface area contributed by atoms with Gasteiger partial charge in [0.25, 0.3) is 0 Å². The second-order valence-corrected chi connectivity index (χ2v) is 7.74. The smallest absolute Gasteiger partial charge is 0.184 e. The lowest BCUT2D eigenvalue weighted by Gasteiger charge is -2.22. The van der Waals surface area contributed by atoms with Crippen molar-refractivity contribution < 1.29 is 0 Å². The largest absolute Gasteiger partial charge is 0.382 e. The lowest BCUT2D eigenvalue weighted by Crippen LogP contribution is -2.29. The number of benzene rings is 1. The molecule has 0 aliphatic carbocycles. The highest BCUT2D eigenvalue weighted by Crippen LogP contribution is 2.30. The van der Waals surface area contributed by atoms with Crippen LogP contribution in [0.4, 0.5) is 11.5 Å². The van der Waals surface area contributed by atoms with Crippen LogP contribution in [0.15, 0.2) is 47.1 Å². The Bertz CT molecular complexity index is 1120. The number of anilines is 2. The van der Waals surface area contributed by atoms with Gasteiger partial charge in [-0.05, 0) is 38.1 Å². The molecule has 0 saturated carbocycles. The molecule has 1 aliphatic rings. The van der Waals surface area contributed by atoms with Gasteiger partial charge in [-0.3, -0.25) is 4.68 Å². The van der Waals surface area contributed by atoms with E-state index >= 15 is 0 Å². The van der Waals surface area contributed by atoms with Crippen LogP contribution in [0, 0.1) is 5.53 Å². The molecule has 3 aromatic rings. The molecule has 10 nitrogen and oxygen atoms in total. The third-order valence-corrected chi connectivity index (χ3v) is 5.78. The average Bonchev–Trinajstić information content (AvgIpc) is 3.28. The zero-order chi connectivity index (χ0) is 21.8. The second kappa shape index (κ2) is 9.38. The number of hydrogen-bond acceptors (Lipinski definition) is 7. The number of nitrogens with one attached hydrogen (secondary N) is 3. The summed E-state index contributed by atoms with van der Waals surface area (Å²) >= 11 is 12.3. The summed E-state index contributed by atoms with van der Waals surface area (Å²) in [5, 5.41) is 18.5. The first-order valence-corrected chi connectivity index (χ1v) is 10.4. The van der Waals surface area contributed by atoms with Crippen LogP contribution in [0.3, 0.4) is 0 Å². The molecule has 4 rings (SSSR count). The maximum atomic E-state index is 7.18. The summed E-state index contributed by atoms with van der Waals surface area (Å²) in [6.45, 7) is 1.94. The van der Waals surface area contributed by atoms with E-state index in [-0.39, 0.29) is 17.3 Å². The van der Waals surface area contributed by atoms with Crippen molar-refractivity contribution in [1.29, 1.82) is 5.53 Å². The summed E-state index contributed by atoms with van der Waals surface area (Å²) in [6, 6.07) is 5.45. The number of halogens is 2. The molecule has 0 spiro atoms. The molecule has 2 aromatic heterocycles. The quantitative estimate of drug-likeness (QED) is 0.197. The van der Waals surface area contributed by atoms with Crippen LogP contribution in [0.25, 0.3) is 11.3 Å². The highest BCUT2D eigenvalue weighted by Gasteiger charge is 2.19. The number of aromatic nitrogens is 4. The minimum atomic E-state index is 0.122. The van der Waals surface area contributed by atoms with E-state index in [1.54, 1.807) is 30.6 Å². The molecule has 1 aliphatic heterocycles. The molecule has 160 valence electrons. The van der Waals surface area contributed by atoms with Crippen molar-refractivity contribution in [3.05, 3.63) is 52.5 Å².